The van der Waals surface area contributed by atoms with Crippen molar-refractivity contribution in [1.29, 1.82) is 0 Å². The Kier molecular flexibility index (Phi) is 5.66. The second-order valence-corrected chi connectivity index (χ2v) is 3.99. The van der Waals surface area contributed by atoms with Crippen molar-refractivity contribution in [2.24, 2.45) is 0 Å². The number of nitro benzene ring substituents is 1. The highest BCUT2D eigenvalue weighted by Crippen LogP contribution is 2.13. The Morgan fingerprint density at radius 3 is 2.74 bits per heavy atom. The molecule has 0 N–H and O–H groups in total. The van der Waals surface area contributed by atoms with E-state index in [1.807, 2.05) is 6.92 Å². The Morgan fingerprint density at radius 2 is 2.11 bits per heavy atom. The number of nitrogens with zero attached hydrogens (tertiary/aromatic N) is 1. The molecule has 0 saturated carbocycles. The van der Waals surface area contributed by atoms with E-state index < -0.39 is 16.7 Å². The largest absolute Gasteiger partial charge is 0.457 e. The molecule has 0 aliphatic carbocycles. The predicted molar refractivity (Wildman–Crippen MR) is 67.9 cm³/mol. The molecule has 0 aromatic heterocycles. The maximum absolute atomic E-state index is 11.7. The van der Waals surface area contributed by atoms with Crippen LogP contribution in [-0.4, -0.2) is 23.3 Å². The molecule has 1 aromatic rings. The fraction of sp³-hybridized carbons (Fsp3) is 0.385. The van der Waals surface area contributed by atoms with Crippen molar-refractivity contribution < 1.29 is 19.2 Å². The molecule has 0 saturated heterocycles. The number of unbranched alkanes of at least 4 members (excludes halogenated alkanes) is 1. The third-order valence-corrected chi connectivity index (χ3v) is 2.48. The van der Waals surface area contributed by atoms with Gasteiger partial charge in [0.15, 0.2) is 6.61 Å². The second kappa shape index (κ2) is 7.25. The van der Waals surface area contributed by atoms with E-state index in [0.29, 0.717) is 6.42 Å². The van der Waals surface area contributed by atoms with Gasteiger partial charge < -0.3 is 4.74 Å². The molecule has 0 atom stereocenters. The topological polar surface area (TPSA) is 86.5 Å². The molecule has 102 valence electrons. The lowest BCUT2D eigenvalue weighted by Crippen LogP contribution is -2.14. The summed E-state index contributed by atoms with van der Waals surface area (Å²) in [5, 5.41) is 10.6. The number of ketones is 1. The van der Waals surface area contributed by atoms with Gasteiger partial charge in [0.05, 0.1) is 4.92 Å². The molecular formula is C13H15NO5. The van der Waals surface area contributed by atoms with Crippen LogP contribution in [0.15, 0.2) is 24.3 Å². The van der Waals surface area contributed by atoms with Gasteiger partial charge in [-0.05, 0) is 6.42 Å². The molecule has 0 radical (unpaired) electrons. The van der Waals surface area contributed by atoms with Crippen molar-refractivity contribution in [2.45, 2.75) is 26.2 Å². The summed E-state index contributed by atoms with van der Waals surface area (Å²) in [5.41, 5.74) is 0.000603. The van der Waals surface area contributed by atoms with E-state index in [2.05, 4.69) is 0 Å². The van der Waals surface area contributed by atoms with E-state index in [1.54, 1.807) is 0 Å². The van der Waals surface area contributed by atoms with Crippen molar-refractivity contribution in [2.75, 3.05) is 6.61 Å². The third kappa shape index (κ3) is 4.87. The Hall–Kier alpha value is -2.24. The molecule has 0 aliphatic heterocycles. The molecule has 6 heteroatoms. The number of benzene rings is 1. The number of rotatable bonds is 7. The molecule has 0 aliphatic rings. The summed E-state index contributed by atoms with van der Waals surface area (Å²) in [6.45, 7) is 1.56. The van der Waals surface area contributed by atoms with Gasteiger partial charge in [0.1, 0.15) is 0 Å². The SMILES string of the molecule is CCCCC(=O)OCC(=O)c1cccc([N+](=O)[O-])c1. The van der Waals surface area contributed by atoms with Crippen molar-refractivity contribution >= 4 is 17.4 Å². The molecule has 0 heterocycles. The first kappa shape index (κ1) is 14.8. The number of hydrogen-bond donors (Lipinski definition) is 0. The number of esters is 1. The van der Waals surface area contributed by atoms with Crippen LogP contribution in [0.4, 0.5) is 5.69 Å². The molecule has 0 unspecified atom stereocenters. The fourth-order valence-electron chi connectivity index (χ4n) is 1.42. The van der Waals surface area contributed by atoms with E-state index >= 15 is 0 Å². The van der Waals surface area contributed by atoms with Gasteiger partial charge in [-0.25, -0.2) is 0 Å². The maximum Gasteiger partial charge on any atom is 0.306 e. The van der Waals surface area contributed by atoms with Crippen LogP contribution in [0.2, 0.25) is 0 Å². The molecule has 0 fully saturated rings. The number of hydrogen-bond acceptors (Lipinski definition) is 5. The lowest BCUT2D eigenvalue weighted by molar-refractivity contribution is -0.384. The van der Waals surface area contributed by atoms with Crippen LogP contribution in [0.3, 0.4) is 0 Å². The van der Waals surface area contributed by atoms with E-state index in [0.717, 1.165) is 6.42 Å². The average Bonchev–Trinajstić information content (AvgIpc) is 2.42. The minimum absolute atomic E-state index is 0.164. The summed E-state index contributed by atoms with van der Waals surface area (Å²) >= 11 is 0. The summed E-state index contributed by atoms with van der Waals surface area (Å²) in [6, 6.07) is 5.34. The molecule has 6 nitrogen and oxygen atoms in total. The number of non-ortho nitro benzene ring substituents is 1. The standard InChI is InChI=1S/C13H15NO5/c1-2-3-7-13(16)19-9-12(15)10-5-4-6-11(8-10)14(17)18/h4-6,8H,2-3,7,9H2,1H3. The second-order valence-electron chi connectivity index (χ2n) is 3.99. The van der Waals surface area contributed by atoms with Crippen LogP contribution < -0.4 is 0 Å². The predicted octanol–water partition coefficient (Wildman–Crippen LogP) is 2.51. The molecule has 0 amide bonds. The van der Waals surface area contributed by atoms with Gasteiger partial charge in [0, 0.05) is 24.1 Å². The molecule has 0 bridgehead atoms. The van der Waals surface area contributed by atoms with Crippen molar-refractivity contribution in [3.63, 3.8) is 0 Å². The van der Waals surface area contributed by atoms with E-state index in [4.69, 9.17) is 4.74 Å². The minimum Gasteiger partial charge on any atom is -0.457 e. The number of Topliss-reactive ketones (excluding diaryl/α,β-unsaturated/α-hetero) is 1. The van der Waals surface area contributed by atoms with Crippen LogP contribution in [0, 0.1) is 10.1 Å². The Bertz CT molecular complexity index is 484. The zero-order valence-electron chi connectivity index (χ0n) is 10.6. The smallest absolute Gasteiger partial charge is 0.306 e. The number of carbonyl (C=O) groups excluding carboxylic acids is 2. The van der Waals surface area contributed by atoms with Gasteiger partial charge >= 0.3 is 5.97 Å². The molecular weight excluding hydrogens is 250 g/mol. The van der Waals surface area contributed by atoms with E-state index in [-0.39, 0.29) is 24.3 Å². The van der Waals surface area contributed by atoms with E-state index in [9.17, 15) is 19.7 Å². The van der Waals surface area contributed by atoms with Gasteiger partial charge in [0.2, 0.25) is 5.78 Å². The Labute approximate surface area is 110 Å². The zero-order chi connectivity index (χ0) is 14.3. The van der Waals surface area contributed by atoms with Gasteiger partial charge in [-0.1, -0.05) is 25.5 Å². The van der Waals surface area contributed by atoms with Crippen LogP contribution in [-0.2, 0) is 9.53 Å². The normalized spacial score (nSPS) is 9.95. The fourth-order valence-corrected chi connectivity index (χ4v) is 1.42. The Morgan fingerprint density at radius 1 is 1.37 bits per heavy atom. The quantitative estimate of drug-likeness (QED) is 0.327. The number of nitro groups is 1. The van der Waals surface area contributed by atoms with Crippen LogP contribution in [0.25, 0.3) is 0 Å². The molecule has 1 rings (SSSR count). The van der Waals surface area contributed by atoms with Crippen LogP contribution in [0.5, 0.6) is 0 Å². The summed E-state index contributed by atoms with van der Waals surface area (Å²) in [7, 11) is 0. The molecule has 0 spiro atoms. The summed E-state index contributed by atoms with van der Waals surface area (Å²) in [5.74, 6) is -0.880. The van der Waals surface area contributed by atoms with Crippen LogP contribution in [0.1, 0.15) is 36.5 Å². The highest BCUT2D eigenvalue weighted by molar-refractivity contribution is 5.98. The summed E-state index contributed by atoms with van der Waals surface area (Å²) in [6.07, 6.45) is 1.86. The minimum atomic E-state index is -0.579. The first-order valence-electron chi connectivity index (χ1n) is 5.98. The molecule has 19 heavy (non-hydrogen) atoms. The van der Waals surface area contributed by atoms with Crippen LogP contribution >= 0.6 is 0 Å². The first-order chi connectivity index (χ1) is 9.04. The average molecular weight is 265 g/mol. The Balaban J connectivity index is 2.56. The monoisotopic (exact) mass is 265 g/mol. The highest BCUT2D eigenvalue weighted by atomic mass is 16.6. The number of carbonyl (C=O) groups is 2. The van der Waals surface area contributed by atoms with E-state index in [1.165, 1.54) is 24.3 Å². The van der Waals surface area contributed by atoms with Gasteiger partial charge in [-0.15, -0.1) is 0 Å². The summed E-state index contributed by atoms with van der Waals surface area (Å²) in [4.78, 5) is 32.9. The summed E-state index contributed by atoms with van der Waals surface area (Å²) < 4.78 is 4.80. The van der Waals surface area contributed by atoms with Gasteiger partial charge in [-0.3, -0.25) is 19.7 Å². The number of ether oxygens (including phenoxy) is 1. The third-order valence-electron chi connectivity index (χ3n) is 2.48. The zero-order valence-corrected chi connectivity index (χ0v) is 10.6. The van der Waals surface area contributed by atoms with Gasteiger partial charge in [-0.2, -0.15) is 0 Å². The lowest BCUT2D eigenvalue weighted by Gasteiger charge is -2.03. The molecule has 1 aromatic carbocycles. The van der Waals surface area contributed by atoms with Crippen molar-refractivity contribution in [1.82, 2.24) is 0 Å². The first-order valence-corrected chi connectivity index (χ1v) is 5.98. The lowest BCUT2D eigenvalue weighted by atomic mass is 10.1. The van der Waals surface area contributed by atoms with Gasteiger partial charge in [0.25, 0.3) is 5.69 Å². The maximum atomic E-state index is 11.7. The van der Waals surface area contributed by atoms with Crippen molar-refractivity contribution in [3.05, 3.63) is 39.9 Å². The van der Waals surface area contributed by atoms with Crippen molar-refractivity contribution in [3.8, 4) is 0 Å². The highest BCUT2D eigenvalue weighted by Gasteiger charge is 2.13.